The fourth-order valence-electron chi connectivity index (χ4n) is 3.91. The monoisotopic (exact) mass is 335 g/mol. The molecule has 3 heterocycles. The molecule has 3 heteroatoms. The maximum atomic E-state index is 4.38. The summed E-state index contributed by atoms with van der Waals surface area (Å²) in [6, 6.07) is 13.3. The van der Waals surface area contributed by atoms with Crippen molar-refractivity contribution >= 4 is 11.0 Å². The Bertz CT molecular complexity index is 800. The highest BCUT2D eigenvalue weighted by Gasteiger charge is 2.09. The van der Waals surface area contributed by atoms with Gasteiger partial charge in [0, 0.05) is 25.8 Å². The summed E-state index contributed by atoms with van der Waals surface area (Å²) in [4.78, 5) is 10.2. The largest absolute Gasteiger partial charge is 0.346 e. The number of H-pyrrole nitrogens is 1. The highest BCUT2D eigenvalue weighted by Crippen LogP contribution is 2.27. The number of hydrogen-bond donors (Lipinski definition) is 1. The molecule has 0 bridgehead atoms. The average molecular weight is 335 g/mol. The first-order valence-electron chi connectivity index (χ1n) is 9.64. The van der Waals surface area contributed by atoms with E-state index >= 15 is 0 Å². The zero-order valence-electron chi connectivity index (χ0n) is 14.9. The topological polar surface area (TPSA) is 31.9 Å². The first kappa shape index (κ1) is 16.3. The third kappa shape index (κ3) is 3.93. The molecule has 3 aromatic rings. The molecule has 0 amide bonds. The minimum Gasteiger partial charge on any atom is -0.346 e. The fraction of sp³-hybridized carbons (Fsp3) is 0.409. The molecular weight excluding hydrogens is 306 g/mol. The van der Waals surface area contributed by atoms with Crippen LogP contribution in [-0.2, 0) is 6.54 Å². The van der Waals surface area contributed by atoms with Gasteiger partial charge in [0.05, 0.1) is 0 Å². The Morgan fingerprint density at radius 1 is 0.880 bits per heavy atom. The van der Waals surface area contributed by atoms with Gasteiger partial charge in [-0.2, -0.15) is 0 Å². The molecule has 0 aliphatic carbocycles. The van der Waals surface area contributed by atoms with Gasteiger partial charge < -0.3 is 4.98 Å². The van der Waals surface area contributed by atoms with Crippen LogP contribution < -0.4 is 0 Å². The molecular formula is C22H29N3. The zero-order chi connectivity index (χ0) is 16.9. The predicted octanol–water partition coefficient (Wildman–Crippen LogP) is 5.63. The number of rotatable bonds is 3. The summed E-state index contributed by atoms with van der Waals surface area (Å²) >= 11 is 0. The van der Waals surface area contributed by atoms with Crippen molar-refractivity contribution in [2.75, 3.05) is 13.1 Å². The maximum Gasteiger partial charge on any atom is 0.137 e. The van der Waals surface area contributed by atoms with Gasteiger partial charge in [0.25, 0.3) is 0 Å². The van der Waals surface area contributed by atoms with Crippen molar-refractivity contribution in [2.45, 2.75) is 45.1 Å². The van der Waals surface area contributed by atoms with Crippen molar-refractivity contribution in [2.24, 2.45) is 0 Å². The van der Waals surface area contributed by atoms with Crippen molar-refractivity contribution in [3.63, 3.8) is 0 Å². The normalized spacial score (nSPS) is 17.1. The van der Waals surface area contributed by atoms with Crippen LogP contribution in [0.2, 0.25) is 0 Å². The SMILES string of the molecule is [HH].c1cc(-c2ccc(CN3CCCCCCCC3)cc2)c2cc[nH]c2n1. The van der Waals surface area contributed by atoms with Gasteiger partial charge in [0.15, 0.2) is 0 Å². The Balaban J connectivity index is 0.00000196. The zero-order valence-corrected chi connectivity index (χ0v) is 14.9. The quantitative estimate of drug-likeness (QED) is 0.672. The summed E-state index contributed by atoms with van der Waals surface area (Å²) in [6.07, 6.45) is 12.2. The van der Waals surface area contributed by atoms with E-state index in [9.17, 15) is 0 Å². The molecule has 0 spiro atoms. The van der Waals surface area contributed by atoms with Crippen LogP contribution in [0.25, 0.3) is 22.2 Å². The summed E-state index contributed by atoms with van der Waals surface area (Å²) in [5.74, 6) is 0. The predicted molar refractivity (Wildman–Crippen MR) is 107 cm³/mol. The Kier molecular flexibility index (Phi) is 5.12. The van der Waals surface area contributed by atoms with E-state index in [1.807, 2.05) is 12.4 Å². The number of hydrogen-bond acceptors (Lipinski definition) is 2. The van der Waals surface area contributed by atoms with Crippen LogP contribution >= 0.6 is 0 Å². The summed E-state index contributed by atoms with van der Waals surface area (Å²) in [6.45, 7) is 3.57. The van der Waals surface area contributed by atoms with Gasteiger partial charge in [-0.1, -0.05) is 49.9 Å². The summed E-state index contributed by atoms with van der Waals surface area (Å²) in [5.41, 5.74) is 4.89. The van der Waals surface area contributed by atoms with Crippen LogP contribution in [-0.4, -0.2) is 28.0 Å². The summed E-state index contributed by atoms with van der Waals surface area (Å²) in [7, 11) is 0. The highest BCUT2D eigenvalue weighted by atomic mass is 15.1. The number of pyridine rings is 1. The molecule has 1 aliphatic heterocycles. The van der Waals surface area contributed by atoms with Gasteiger partial charge in [-0.25, -0.2) is 4.98 Å². The molecule has 1 fully saturated rings. The second kappa shape index (κ2) is 7.83. The van der Waals surface area contributed by atoms with E-state index < -0.39 is 0 Å². The van der Waals surface area contributed by atoms with Crippen LogP contribution in [0.4, 0.5) is 0 Å². The second-order valence-electron chi connectivity index (χ2n) is 7.19. The van der Waals surface area contributed by atoms with E-state index in [1.165, 1.54) is 73.7 Å². The molecule has 0 atom stereocenters. The first-order valence-corrected chi connectivity index (χ1v) is 9.64. The fourth-order valence-corrected chi connectivity index (χ4v) is 3.91. The third-order valence-corrected chi connectivity index (χ3v) is 5.33. The van der Waals surface area contributed by atoms with Crippen LogP contribution in [0, 0.1) is 0 Å². The molecule has 0 radical (unpaired) electrons. The number of aromatic nitrogens is 2. The molecule has 1 saturated heterocycles. The molecule has 1 aliphatic rings. The number of nitrogens with zero attached hydrogens (tertiary/aromatic N) is 2. The van der Waals surface area contributed by atoms with Gasteiger partial charge in [-0.3, -0.25) is 4.90 Å². The Labute approximate surface area is 151 Å². The lowest BCUT2D eigenvalue weighted by molar-refractivity contribution is 0.260. The van der Waals surface area contributed by atoms with Gasteiger partial charge in [0.1, 0.15) is 5.65 Å². The Hall–Kier alpha value is -2.13. The van der Waals surface area contributed by atoms with E-state index in [1.54, 1.807) is 0 Å². The minimum absolute atomic E-state index is 0. The molecule has 1 aromatic carbocycles. The molecule has 132 valence electrons. The van der Waals surface area contributed by atoms with Crippen LogP contribution in [0.5, 0.6) is 0 Å². The molecule has 1 N–H and O–H groups in total. The van der Waals surface area contributed by atoms with Gasteiger partial charge in [0.2, 0.25) is 0 Å². The Morgan fingerprint density at radius 3 is 2.36 bits per heavy atom. The standard InChI is InChI=1S/C22H27N3.H2/c1-2-4-6-16-25(15-5-3-1)17-18-7-9-19(10-8-18)20-11-13-23-22-21(20)12-14-24-22;/h7-14H,1-6,15-17H2,(H,23,24);1H. The molecule has 25 heavy (non-hydrogen) atoms. The number of aromatic amines is 1. The number of benzene rings is 1. The molecule has 3 nitrogen and oxygen atoms in total. The van der Waals surface area contributed by atoms with Crippen molar-refractivity contribution in [1.29, 1.82) is 0 Å². The lowest BCUT2D eigenvalue weighted by atomic mass is 10.0. The Morgan fingerprint density at radius 2 is 1.60 bits per heavy atom. The lowest BCUT2D eigenvalue weighted by Gasteiger charge is -2.21. The molecule has 0 unspecified atom stereocenters. The highest BCUT2D eigenvalue weighted by molar-refractivity contribution is 5.92. The van der Waals surface area contributed by atoms with E-state index in [0.29, 0.717) is 0 Å². The van der Waals surface area contributed by atoms with Crippen LogP contribution in [0.3, 0.4) is 0 Å². The molecule has 0 saturated carbocycles. The van der Waals surface area contributed by atoms with E-state index in [4.69, 9.17) is 0 Å². The van der Waals surface area contributed by atoms with Gasteiger partial charge >= 0.3 is 0 Å². The molecule has 4 rings (SSSR count). The van der Waals surface area contributed by atoms with Gasteiger partial charge in [-0.05, 0) is 54.8 Å². The minimum atomic E-state index is 0. The summed E-state index contributed by atoms with van der Waals surface area (Å²) < 4.78 is 0. The van der Waals surface area contributed by atoms with Crippen LogP contribution in [0.15, 0.2) is 48.8 Å². The average Bonchev–Trinajstić information content (AvgIpc) is 3.16. The van der Waals surface area contributed by atoms with Crippen molar-refractivity contribution in [1.82, 2.24) is 14.9 Å². The maximum absolute atomic E-state index is 4.38. The lowest BCUT2D eigenvalue weighted by Crippen LogP contribution is -2.25. The van der Waals surface area contributed by atoms with E-state index in [0.717, 1.165) is 12.2 Å². The van der Waals surface area contributed by atoms with E-state index in [2.05, 4.69) is 51.3 Å². The second-order valence-corrected chi connectivity index (χ2v) is 7.19. The summed E-state index contributed by atoms with van der Waals surface area (Å²) in [5, 5.41) is 1.19. The van der Waals surface area contributed by atoms with Gasteiger partial charge in [-0.15, -0.1) is 0 Å². The first-order chi connectivity index (χ1) is 12.4. The van der Waals surface area contributed by atoms with E-state index in [-0.39, 0.29) is 1.43 Å². The van der Waals surface area contributed by atoms with Crippen molar-refractivity contribution in [3.05, 3.63) is 54.4 Å². The molecule has 2 aromatic heterocycles. The third-order valence-electron chi connectivity index (χ3n) is 5.33. The van der Waals surface area contributed by atoms with Crippen molar-refractivity contribution < 1.29 is 1.43 Å². The number of fused-ring (bicyclic) bond motifs is 1. The van der Waals surface area contributed by atoms with Crippen molar-refractivity contribution in [3.8, 4) is 11.1 Å². The number of nitrogens with one attached hydrogen (secondary N) is 1. The van der Waals surface area contributed by atoms with Crippen LogP contribution in [0.1, 0.15) is 45.5 Å². The smallest absolute Gasteiger partial charge is 0.137 e.